The Bertz CT molecular complexity index is 824. The van der Waals surface area contributed by atoms with Crippen molar-refractivity contribution < 1.29 is 4.79 Å². The summed E-state index contributed by atoms with van der Waals surface area (Å²) in [5.41, 5.74) is 1.62. The highest BCUT2D eigenvalue weighted by Crippen LogP contribution is 2.15. The van der Waals surface area contributed by atoms with Gasteiger partial charge in [0.2, 0.25) is 0 Å². The maximum atomic E-state index is 12.5. The van der Waals surface area contributed by atoms with Gasteiger partial charge >= 0.3 is 0 Å². The van der Waals surface area contributed by atoms with Crippen molar-refractivity contribution in [1.29, 1.82) is 0 Å². The number of hydrogen-bond acceptors (Lipinski definition) is 5. The molecule has 2 aromatic rings. The van der Waals surface area contributed by atoms with Crippen molar-refractivity contribution in [2.75, 3.05) is 5.32 Å². The smallest absolute Gasteiger partial charge is 0.279 e. The minimum absolute atomic E-state index is 0.0855. The fourth-order valence-corrected chi connectivity index (χ4v) is 2.21. The Balaban J connectivity index is 2.43. The van der Waals surface area contributed by atoms with Crippen LogP contribution in [-0.4, -0.2) is 25.7 Å². The monoisotopic (exact) mass is 315 g/mol. The number of amides is 1. The molecule has 7 nitrogen and oxygen atoms in total. The summed E-state index contributed by atoms with van der Waals surface area (Å²) >= 11 is 0. The van der Waals surface area contributed by atoms with Gasteiger partial charge in [-0.15, -0.1) is 0 Å². The molecule has 0 aromatic carbocycles. The first kappa shape index (κ1) is 16.8. The summed E-state index contributed by atoms with van der Waals surface area (Å²) in [5.74, 6) is 0.697. The molecule has 0 aliphatic rings. The van der Waals surface area contributed by atoms with E-state index in [-0.39, 0.29) is 11.5 Å². The van der Waals surface area contributed by atoms with Crippen LogP contribution in [0.15, 0.2) is 10.9 Å². The summed E-state index contributed by atoms with van der Waals surface area (Å²) in [6.45, 7) is 9.27. The largest absolute Gasteiger partial charge is 0.306 e. The van der Waals surface area contributed by atoms with Gasteiger partial charge in [0.15, 0.2) is 0 Å². The highest BCUT2D eigenvalue weighted by Gasteiger charge is 2.19. The van der Waals surface area contributed by atoms with Gasteiger partial charge in [0.1, 0.15) is 17.2 Å². The number of carbonyl (C=O) groups is 1. The minimum atomic E-state index is -0.485. The molecule has 122 valence electrons. The number of rotatable bonds is 3. The third kappa shape index (κ3) is 3.44. The number of hydrogen-bond donors (Lipinski definition) is 1. The molecule has 2 aromatic heterocycles. The highest BCUT2D eigenvalue weighted by atomic mass is 16.2. The summed E-state index contributed by atoms with van der Waals surface area (Å²) in [5, 5.41) is 6.77. The Morgan fingerprint density at radius 3 is 2.48 bits per heavy atom. The van der Waals surface area contributed by atoms with Gasteiger partial charge in [0.25, 0.3) is 11.5 Å². The Labute approximate surface area is 134 Å². The van der Waals surface area contributed by atoms with Crippen LogP contribution in [-0.2, 0) is 7.05 Å². The lowest BCUT2D eigenvalue weighted by Crippen LogP contribution is -2.31. The zero-order valence-electron chi connectivity index (χ0n) is 14.3. The van der Waals surface area contributed by atoms with Crippen LogP contribution in [0.4, 0.5) is 5.82 Å². The lowest BCUT2D eigenvalue weighted by molar-refractivity contribution is 0.102. The van der Waals surface area contributed by atoms with Crippen LogP contribution in [0, 0.1) is 20.8 Å². The normalized spacial score (nSPS) is 10.9. The van der Waals surface area contributed by atoms with Crippen molar-refractivity contribution in [2.45, 2.75) is 40.5 Å². The molecule has 0 aliphatic heterocycles. The SMILES string of the molecule is Cc1cc(NC(=O)c2c(C)c(C)nn(C)c2=O)nc(C(C)C)n1. The third-order valence-corrected chi connectivity index (χ3v) is 3.58. The number of aromatic nitrogens is 4. The molecule has 0 fully saturated rings. The molecule has 0 saturated heterocycles. The van der Waals surface area contributed by atoms with E-state index in [1.54, 1.807) is 19.9 Å². The molecule has 0 unspecified atom stereocenters. The van der Waals surface area contributed by atoms with E-state index in [1.807, 2.05) is 20.8 Å². The van der Waals surface area contributed by atoms with Crippen LogP contribution in [0.5, 0.6) is 0 Å². The zero-order chi connectivity index (χ0) is 17.3. The Morgan fingerprint density at radius 2 is 1.87 bits per heavy atom. The minimum Gasteiger partial charge on any atom is -0.306 e. The number of aryl methyl sites for hydroxylation is 3. The van der Waals surface area contributed by atoms with Gasteiger partial charge in [-0.1, -0.05) is 13.8 Å². The summed E-state index contributed by atoms with van der Waals surface area (Å²) in [6.07, 6.45) is 0. The van der Waals surface area contributed by atoms with Gasteiger partial charge in [0, 0.05) is 24.7 Å². The second-order valence-corrected chi connectivity index (χ2v) is 5.88. The van der Waals surface area contributed by atoms with Crippen molar-refractivity contribution in [3.8, 4) is 0 Å². The molecular weight excluding hydrogens is 294 g/mol. The third-order valence-electron chi connectivity index (χ3n) is 3.58. The van der Waals surface area contributed by atoms with Crippen LogP contribution in [0.25, 0.3) is 0 Å². The molecule has 0 aliphatic carbocycles. The van der Waals surface area contributed by atoms with Crippen molar-refractivity contribution in [3.05, 3.63) is 44.8 Å². The summed E-state index contributed by atoms with van der Waals surface area (Å²) in [7, 11) is 1.53. The van der Waals surface area contributed by atoms with Crippen molar-refractivity contribution in [3.63, 3.8) is 0 Å². The lowest BCUT2D eigenvalue weighted by atomic mass is 10.1. The molecule has 0 spiro atoms. The molecule has 0 radical (unpaired) electrons. The average molecular weight is 315 g/mol. The maximum Gasteiger partial charge on any atom is 0.279 e. The van der Waals surface area contributed by atoms with E-state index in [2.05, 4.69) is 20.4 Å². The van der Waals surface area contributed by atoms with Gasteiger partial charge in [0.05, 0.1) is 5.69 Å². The first-order valence-electron chi connectivity index (χ1n) is 7.42. The predicted octanol–water partition coefficient (Wildman–Crippen LogP) is 1.87. The zero-order valence-corrected chi connectivity index (χ0v) is 14.3. The van der Waals surface area contributed by atoms with Crippen molar-refractivity contribution in [1.82, 2.24) is 19.7 Å². The maximum absolute atomic E-state index is 12.5. The van der Waals surface area contributed by atoms with Crippen LogP contribution in [0.3, 0.4) is 0 Å². The molecular formula is C16H21N5O2. The van der Waals surface area contributed by atoms with E-state index in [9.17, 15) is 9.59 Å². The van der Waals surface area contributed by atoms with Gasteiger partial charge in [-0.05, 0) is 26.3 Å². The topological polar surface area (TPSA) is 89.8 Å². The van der Waals surface area contributed by atoms with E-state index in [0.29, 0.717) is 22.9 Å². The number of carbonyl (C=O) groups excluding carboxylic acids is 1. The quantitative estimate of drug-likeness (QED) is 0.934. The second-order valence-electron chi connectivity index (χ2n) is 5.88. The fourth-order valence-electron chi connectivity index (χ4n) is 2.21. The molecule has 0 atom stereocenters. The molecule has 1 amide bonds. The number of nitrogens with one attached hydrogen (secondary N) is 1. The van der Waals surface area contributed by atoms with Crippen LogP contribution in [0.2, 0.25) is 0 Å². The van der Waals surface area contributed by atoms with Crippen LogP contribution in [0.1, 0.15) is 52.9 Å². The molecule has 7 heteroatoms. The van der Waals surface area contributed by atoms with E-state index < -0.39 is 11.5 Å². The number of nitrogens with zero attached hydrogens (tertiary/aromatic N) is 4. The predicted molar refractivity (Wildman–Crippen MR) is 87.8 cm³/mol. The molecule has 0 saturated carbocycles. The van der Waals surface area contributed by atoms with Gasteiger partial charge in [-0.25, -0.2) is 14.6 Å². The Kier molecular flexibility index (Phi) is 4.58. The fraction of sp³-hybridized carbons (Fsp3) is 0.438. The average Bonchev–Trinajstić information content (AvgIpc) is 2.44. The first-order chi connectivity index (χ1) is 10.7. The van der Waals surface area contributed by atoms with E-state index in [0.717, 1.165) is 5.69 Å². The van der Waals surface area contributed by atoms with Crippen LogP contribution >= 0.6 is 0 Å². The van der Waals surface area contributed by atoms with E-state index in [1.165, 1.54) is 11.7 Å². The standard InChI is InChI=1S/C16H21N5O2/c1-8(2)14-17-9(3)7-12(18-14)19-15(22)13-10(4)11(5)20-21(6)16(13)23/h7-8H,1-6H3,(H,17,18,19,22). The highest BCUT2D eigenvalue weighted by molar-refractivity contribution is 6.04. The van der Waals surface area contributed by atoms with Gasteiger partial charge < -0.3 is 5.32 Å². The van der Waals surface area contributed by atoms with Gasteiger partial charge in [-0.2, -0.15) is 5.10 Å². The lowest BCUT2D eigenvalue weighted by Gasteiger charge is -2.12. The second kappa shape index (κ2) is 6.28. The molecule has 2 heterocycles. The van der Waals surface area contributed by atoms with Crippen molar-refractivity contribution in [2.24, 2.45) is 7.05 Å². The summed E-state index contributed by atoms with van der Waals surface area (Å²) < 4.78 is 1.17. The molecule has 1 N–H and O–H groups in total. The summed E-state index contributed by atoms with van der Waals surface area (Å²) in [4.78, 5) is 33.4. The molecule has 2 rings (SSSR count). The number of anilines is 1. The first-order valence-corrected chi connectivity index (χ1v) is 7.42. The molecule has 0 bridgehead atoms. The Morgan fingerprint density at radius 1 is 1.22 bits per heavy atom. The summed E-state index contributed by atoms with van der Waals surface area (Å²) in [6, 6.07) is 1.68. The van der Waals surface area contributed by atoms with Crippen LogP contribution < -0.4 is 10.9 Å². The van der Waals surface area contributed by atoms with Gasteiger partial charge in [-0.3, -0.25) is 9.59 Å². The Hall–Kier alpha value is -2.57. The van der Waals surface area contributed by atoms with E-state index >= 15 is 0 Å². The van der Waals surface area contributed by atoms with E-state index in [4.69, 9.17) is 0 Å². The van der Waals surface area contributed by atoms with Crippen molar-refractivity contribution >= 4 is 11.7 Å². The molecule has 23 heavy (non-hydrogen) atoms.